The number of unbranched alkanes of at least 4 members (excludes halogenated alkanes) is 2. The van der Waals surface area contributed by atoms with Gasteiger partial charge in [0.1, 0.15) is 5.69 Å². The van der Waals surface area contributed by atoms with Crippen LogP contribution in [0.25, 0.3) is 5.69 Å². The Morgan fingerprint density at radius 3 is 2.86 bits per heavy atom. The molecule has 0 atom stereocenters. The first-order valence-corrected chi connectivity index (χ1v) is 7.38. The number of nitrogens with zero attached hydrogens (tertiary/aromatic N) is 2. The fraction of sp³-hybridized carbons (Fsp3) is 0.333. The van der Waals surface area contributed by atoms with Gasteiger partial charge < -0.3 is 11.1 Å². The van der Waals surface area contributed by atoms with Crippen LogP contribution < -0.4 is 11.1 Å². The van der Waals surface area contributed by atoms with Crippen molar-refractivity contribution in [2.24, 2.45) is 5.73 Å². The maximum Gasteiger partial charge on any atom is 0.224 e. The van der Waals surface area contributed by atoms with Gasteiger partial charge in [-0.15, -0.1) is 0 Å². The van der Waals surface area contributed by atoms with Gasteiger partial charge in [0.05, 0.1) is 10.7 Å². The van der Waals surface area contributed by atoms with Crippen LogP contribution >= 0.6 is 11.6 Å². The smallest absolute Gasteiger partial charge is 0.224 e. The number of carbonyl (C=O) groups excluding carboxylic acids is 1. The predicted molar refractivity (Wildman–Crippen MR) is 84.7 cm³/mol. The highest BCUT2D eigenvalue weighted by molar-refractivity contribution is 6.33. The van der Waals surface area contributed by atoms with Gasteiger partial charge in [0.25, 0.3) is 0 Å². The number of carbonyl (C=O) groups is 1. The minimum Gasteiger partial charge on any atom is -0.330 e. The van der Waals surface area contributed by atoms with E-state index in [0.717, 1.165) is 19.3 Å². The van der Waals surface area contributed by atoms with Crippen LogP contribution in [0.4, 0.5) is 5.69 Å². The number of anilines is 1. The van der Waals surface area contributed by atoms with Crippen molar-refractivity contribution in [3.8, 4) is 5.69 Å². The van der Waals surface area contributed by atoms with E-state index >= 15 is 0 Å². The maximum absolute atomic E-state index is 12.0. The highest BCUT2D eigenvalue weighted by atomic mass is 35.5. The van der Waals surface area contributed by atoms with Gasteiger partial charge in [-0.25, -0.2) is 4.68 Å². The molecule has 0 saturated carbocycles. The van der Waals surface area contributed by atoms with E-state index in [2.05, 4.69) is 10.4 Å². The minimum absolute atomic E-state index is 0.0253. The third kappa shape index (κ3) is 4.31. The number of nitrogens with two attached hydrogens (primary N) is 1. The first-order chi connectivity index (χ1) is 10.2. The quantitative estimate of drug-likeness (QED) is 0.772. The Bertz CT molecular complexity index is 583. The van der Waals surface area contributed by atoms with Crippen molar-refractivity contribution in [1.82, 2.24) is 9.78 Å². The highest BCUT2D eigenvalue weighted by Gasteiger charge is 2.12. The summed E-state index contributed by atoms with van der Waals surface area (Å²) in [6.07, 6.45) is 6.68. The number of halogens is 1. The van der Waals surface area contributed by atoms with E-state index < -0.39 is 0 Å². The molecule has 0 fully saturated rings. The van der Waals surface area contributed by atoms with E-state index in [4.69, 9.17) is 17.3 Å². The zero-order chi connectivity index (χ0) is 15.1. The standard InChI is InChI=1S/C15H19ClN4O/c16-12-6-4-7-13(15(12)20-11-5-10-18-20)19-14(21)8-2-1-3-9-17/h4-7,10-11H,1-3,8-9,17H2,(H,19,21). The van der Waals surface area contributed by atoms with Crippen LogP contribution in [0.2, 0.25) is 5.02 Å². The molecule has 3 N–H and O–H groups in total. The van der Waals surface area contributed by atoms with Crippen LogP contribution in [0, 0.1) is 0 Å². The largest absolute Gasteiger partial charge is 0.330 e. The molecule has 0 spiro atoms. The summed E-state index contributed by atoms with van der Waals surface area (Å²) in [5, 5.41) is 7.61. The molecule has 1 heterocycles. The van der Waals surface area contributed by atoms with Gasteiger partial charge in [0.2, 0.25) is 5.91 Å². The average molecular weight is 307 g/mol. The van der Waals surface area contributed by atoms with Crippen molar-refractivity contribution in [3.05, 3.63) is 41.7 Å². The molecule has 1 amide bonds. The van der Waals surface area contributed by atoms with Gasteiger partial charge in [-0.2, -0.15) is 5.10 Å². The number of aromatic nitrogens is 2. The Kier molecular flexibility index (Phi) is 5.78. The molecule has 21 heavy (non-hydrogen) atoms. The molecule has 0 unspecified atom stereocenters. The van der Waals surface area contributed by atoms with Crippen molar-refractivity contribution >= 4 is 23.2 Å². The topological polar surface area (TPSA) is 72.9 Å². The van der Waals surface area contributed by atoms with E-state index in [9.17, 15) is 4.79 Å². The molecule has 1 aromatic heterocycles. The van der Waals surface area contributed by atoms with Gasteiger partial charge in [-0.1, -0.05) is 24.1 Å². The minimum atomic E-state index is -0.0253. The molecule has 0 aliphatic heterocycles. The van der Waals surface area contributed by atoms with Crippen molar-refractivity contribution in [2.45, 2.75) is 25.7 Å². The molecule has 1 aromatic carbocycles. The van der Waals surface area contributed by atoms with Gasteiger partial charge in [-0.05, 0) is 37.6 Å². The first kappa shape index (κ1) is 15.5. The van der Waals surface area contributed by atoms with Gasteiger partial charge in [0.15, 0.2) is 0 Å². The van der Waals surface area contributed by atoms with Crippen molar-refractivity contribution < 1.29 is 4.79 Å². The summed E-state index contributed by atoms with van der Waals surface area (Å²) in [5.41, 5.74) is 6.78. The Morgan fingerprint density at radius 1 is 1.29 bits per heavy atom. The summed E-state index contributed by atoms with van der Waals surface area (Å²) in [6.45, 7) is 0.666. The van der Waals surface area contributed by atoms with E-state index in [0.29, 0.717) is 29.4 Å². The molecule has 0 saturated heterocycles. The van der Waals surface area contributed by atoms with Crippen LogP contribution in [-0.2, 0) is 4.79 Å². The maximum atomic E-state index is 12.0. The zero-order valence-electron chi connectivity index (χ0n) is 11.8. The van der Waals surface area contributed by atoms with Crippen LogP contribution in [0.5, 0.6) is 0 Å². The summed E-state index contributed by atoms with van der Waals surface area (Å²) in [7, 11) is 0. The number of amides is 1. The van der Waals surface area contributed by atoms with Gasteiger partial charge in [0, 0.05) is 18.8 Å². The molecule has 0 aliphatic rings. The van der Waals surface area contributed by atoms with Crippen LogP contribution in [0.15, 0.2) is 36.7 Å². The third-order valence-corrected chi connectivity index (χ3v) is 3.41. The lowest BCUT2D eigenvalue weighted by molar-refractivity contribution is -0.116. The van der Waals surface area contributed by atoms with Crippen molar-refractivity contribution in [3.63, 3.8) is 0 Å². The second kappa shape index (κ2) is 7.81. The molecule has 0 bridgehead atoms. The molecule has 6 heteroatoms. The van der Waals surface area contributed by atoms with E-state index in [1.54, 1.807) is 29.2 Å². The summed E-state index contributed by atoms with van der Waals surface area (Å²) in [6, 6.07) is 7.21. The summed E-state index contributed by atoms with van der Waals surface area (Å²) in [5.74, 6) is -0.0253. The second-order valence-corrected chi connectivity index (χ2v) is 5.14. The number of benzene rings is 1. The molecule has 0 aliphatic carbocycles. The fourth-order valence-electron chi connectivity index (χ4n) is 2.07. The lowest BCUT2D eigenvalue weighted by Gasteiger charge is -2.12. The van der Waals surface area contributed by atoms with Crippen molar-refractivity contribution in [2.75, 3.05) is 11.9 Å². The predicted octanol–water partition coefficient (Wildman–Crippen LogP) is 2.98. The normalized spacial score (nSPS) is 10.6. The SMILES string of the molecule is NCCCCCC(=O)Nc1cccc(Cl)c1-n1cccn1. The number of nitrogens with one attached hydrogen (secondary N) is 1. The summed E-state index contributed by atoms with van der Waals surface area (Å²) >= 11 is 6.22. The zero-order valence-corrected chi connectivity index (χ0v) is 12.5. The molecular weight excluding hydrogens is 288 g/mol. The summed E-state index contributed by atoms with van der Waals surface area (Å²) in [4.78, 5) is 12.0. The van der Waals surface area contributed by atoms with Crippen molar-refractivity contribution in [1.29, 1.82) is 0 Å². The Balaban J connectivity index is 2.07. The lowest BCUT2D eigenvalue weighted by atomic mass is 10.2. The second-order valence-electron chi connectivity index (χ2n) is 4.73. The van der Waals surface area contributed by atoms with E-state index in [-0.39, 0.29) is 5.91 Å². The number of rotatable bonds is 7. The first-order valence-electron chi connectivity index (χ1n) is 7.01. The summed E-state index contributed by atoms with van der Waals surface area (Å²) < 4.78 is 1.65. The van der Waals surface area contributed by atoms with Gasteiger partial charge in [-0.3, -0.25) is 4.79 Å². The lowest BCUT2D eigenvalue weighted by Crippen LogP contribution is -2.14. The molecule has 5 nitrogen and oxygen atoms in total. The van der Waals surface area contributed by atoms with E-state index in [1.807, 2.05) is 12.1 Å². The number of hydrogen-bond donors (Lipinski definition) is 2. The van der Waals surface area contributed by atoms with Crippen LogP contribution in [0.1, 0.15) is 25.7 Å². The fourth-order valence-corrected chi connectivity index (χ4v) is 2.33. The molecule has 0 radical (unpaired) electrons. The van der Waals surface area contributed by atoms with Crippen LogP contribution in [-0.4, -0.2) is 22.2 Å². The Labute approximate surface area is 129 Å². The number of hydrogen-bond acceptors (Lipinski definition) is 3. The molecule has 2 aromatic rings. The third-order valence-electron chi connectivity index (χ3n) is 3.10. The molecule has 2 rings (SSSR count). The monoisotopic (exact) mass is 306 g/mol. The Morgan fingerprint density at radius 2 is 2.14 bits per heavy atom. The number of para-hydroxylation sites is 1. The molecule has 112 valence electrons. The Hall–Kier alpha value is -1.85. The highest BCUT2D eigenvalue weighted by Crippen LogP contribution is 2.28. The van der Waals surface area contributed by atoms with Gasteiger partial charge >= 0.3 is 0 Å². The van der Waals surface area contributed by atoms with E-state index in [1.165, 1.54) is 0 Å². The molecular formula is C15H19ClN4O. The average Bonchev–Trinajstić information content (AvgIpc) is 2.97. The van der Waals surface area contributed by atoms with Crippen LogP contribution in [0.3, 0.4) is 0 Å².